The van der Waals surface area contributed by atoms with Crippen molar-refractivity contribution in [1.29, 1.82) is 0 Å². The average Bonchev–Trinajstić information content (AvgIpc) is 2.58. The van der Waals surface area contributed by atoms with E-state index in [0.29, 0.717) is 22.4 Å². The van der Waals surface area contributed by atoms with E-state index >= 15 is 0 Å². The Hall–Kier alpha value is -2.89. The van der Waals surface area contributed by atoms with Crippen LogP contribution < -0.4 is 10.1 Å². The summed E-state index contributed by atoms with van der Waals surface area (Å²) in [6.07, 6.45) is 0. The van der Waals surface area contributed by atoms with Crippen molar-refractivity contribution in [2.45, 2.75) is 13.5 Å². The molecule has 5 nitrogen and oxygen atoms in total. The molecule has 0 atom stereocenters. The molecule has 126 valence electrons. The van der Waals surface area contributed by atoms with Crippen LogP contribution in [0.15, 0.2) is 42.5 Å². The number of esters is 1. The number of aryl methyl sites for hydroxylation is 1. The third-order valence-electron chi connectivity index (χ3n) is 3.42. The summed E-state index contributed by atoms with van der Waals surface area (Å²) in [6, 6.07) is 11.1. The zero-order chi connectivity index (χ0) is 17.5. The van der Waals surface area contributed by atoms with E-state index < -0.39 is 24.3 Å². The molecule has 0 heterocycles. The van der Waals surface area contributed by atoms with Crippen LogP contribution in [0, 0.1) is 12.7 Å². The van der Waals surface area contributed by atoms with Crippen molar-refractivity contribution in [1.82, 2.24) is 5.32 Å². The van der Waals surface area contributed by atoms with Crippen molar-refractivity contribution in [2.24, 2.45) is 0 Å². The van der Waals surface area contributed by atoms with E-state index in [1.807, 2.05) is 0 Å². The lowest BCUT2D eigenvalue weighted by Gasteiger charge is -2.09. The smallest absolute Gasteiger partial charge is 0.338 e. The molecule has 0 saturated heterocycles. The van der Waals surface area contributed by atoms with Crippen LogP contribution in [0.5, 0.6) is 5.75 Å². The number of carbonyl (C=O) groups excluding carboxylic acids is 2. The molecule has 0 unspecified atom stereocenters. The molecular formula is C18H18FNO4. The van der Waals surface area contributed by atoms with Crippen LogP contribution in [-0.2, 0) is 16.1 Å². The van der Waals surface area contributed by atoms with E-state index in [1.54, 1.807) is 43.3 Å². The molecule has 0 aliphatic rings. The SMILES string of the molecule is COc1ccc(C(=O)OCC(=O)NCc2ccccc2F)c(C)c1. The Bertz CT molecular complexity index is 746. The molecule has 0 spiro atoms. The van der Waals surface area contributed by atoms with Crippen LogP contribution in [0.4, 0.5) is 4.39 Å². The number of methoxy groups -OCH3 is 1. The molecule has 2 aromatic rings. The van der Waals surface area contributed by atoms with Crippen molar-refractivity contribution in [3.63, 3.8) is 0 Å². The molecular weight excluding hydrogens is 313 g/mol. The highest BCUT2D eigenvalue weighted by Crippen LogP contribution is 2.17. The van der Waals surface area contributed by atoms with Gasteiger partial charge in [-0.25, -0.2) is 9.18 Å². The fourth-order valence-electron chi connectivity index (χ4n) is 2.09. The molecule has 6 heteroatoms. The minimum atomic E-state index is -0.601. The number of rotatable bonds is 6. The molecule has 0 aliphatic carbocycles. The fraction of sp³-hybridized carbons (Fsp3) is 0.222. The van der Waals surface area contributed by atoms with Crippen molar-refractivity contribution in [2.75, 3.05) is 13.7 Å². The number of benzene rings is 2. The van der Waals surface area contributed by atoms with Crippen LogP contribution >= 0.6 is 0 Å². The lowest BCUT2D eigenvalue weighted by molar-refractivity contribution is -0.124. The maximum absolute atomic E-state index is 13.4. The average molecular weight is 331 g/mol. The molecule has 24 heavy (non-hydrogen) atoms. The third-order valence-corrected chi connectivity index (χ3v) is 3.42. The van der Waals surface area contributed by atoms with Crippen LogP contribution in [0.2, 0.25) is 0 Å². The van der Waals surface area contributed by atoms with Crippen LogP contribution in [0.25, 0.3) is 0 Å². The van der Waals surface area contributed by atoms with E-state index in [1.165, 1.54) is 13.2 Å². The van der Waals surface area contributed by atoms with E-state index in [4.69, 9.17) is 9.47 Å². The highest BCUT2D eigenvalue weighted by molar-refractivity contribution is 5.92. The summed E-state index contributed by atoms with van der Waals surface area (Å²) in [5.41, 5.74) is 1.41. The van der Waals surface area contributed by atoms with E-state index in [0.717, 1.165) is 0 Å². The second-order valence-corrected chi connectivity index (χ2v) is 5.13. The molecule has 1 amide bonds. The van der Waals surface area contributed by atoms with Gasteiger partial charge in [0.25, 0.3) is 5.91 Å². The second-order valence-electron chi connectivity index (χ2n) is 5.13. The van der Waals surface area contributed by atoms with Gasteiger partial charge in [-0.3, -0.25) is 4.79 Å². The summed E-state index contributed by atoms with van der Waals surface area (Å²) in [5.74, 6) is -0.871. The molecule has 0 bridgehead atoms. The molecule has 0 aromatic heterocycles. The zero-order valence-electron chi connectivity index (χ0n) is 13.5. The molecule has 0 fully saturated rings. The van der Waals surface area contributed by atoms with E-state index in [9.17, 15) is 14.0 Å². The highest BCUT2D eigenvalue weighted by atomic mass is 19.1. The number of nitrogens with one attached hydrogen (secondary N) is 1. The summed E-state index contributed by atoms with van der Waals surface area (Å²) >= 11 is 0. The van der Waals surface area contributed by atoms with Gasteiger partial charge in [0, 0.05) is 12.1 Å². The molecule has 0 radical (unpaired) electrons. The number of halogens is 1. The summed E-state index contributed by atoms with van der Waals surface area (Å²) in [5, 5.41) is 2.50. The van der Waals surface area contributed by atoms with Gasteiger partial charge in [-0.2, -0.15) is 0 Å². The lowest BCUT2D eigenvalue weighted by atomic mass is 10.1. The quantitative estimate of drug-likeness (QED) is 0.827. The Kier molecular flexibility index (Phi) is 5.89. The van der Waals surface area contributed by atoms with Crippen molar-refractivity contribution in [3.8, 4) is 5.75 Å². The van der Waals surface area contributed by atoms with Gasteiger partial charge < -0.3 is 14.8 Å². The minimum absolute atomic E-state index is 0.0324. The third kappa shape index (κ3) is 4.55. The van der Waals surface area contributed by atoms with Crippen molar-refractivity contribution in [3.05, 3.63) is 65.0 Å². The number of ether oxygens (including phenoxy) is 2. The van der Waals surface area contributed by atoms with Crippen LogP contribution in [0.3, 0.4) is 0 Å². The summed E-state index contributed by atoms with van der Waals surface area (Å²) in [7, 11) is 1.53. The summed E-state index contributed by atoms with van der Waals surface area (Å²) in [4.78, 5) is 23.7. The molecule has 2 rings (SSSR count). The van der Waals surface area contributed by atoms with Crippen molar-refractivity contribution >= 4 is 11.9 Å². The van der Waals surface area contributed by atoms with E-state index in [-0.39, 0.29) is 6.54 Å². The Morgan fingerprint density at radius 2 is 1.92 bits per heavy atom. The number of hydrogen-bond donors (Lipinski definition) is 1. The zero-order valence-corrected chi connectivity index (χ0v) is 13.5. The first-order chi connectivity index (χ1) is 11.5. The highest BCUT2D eigenvalue weighted by Gasteiger charge is 2.13. The van der Waals surface area contributed by atoms with Gasteiger partial charge in [-0.05, 0) is 36.8 Å². The molecule has 1 N–H and O–H groups in total. The minimum Gasteiger partial charge on any atom is -0.497 e. The van der Waals surface area contributed by atoms with Gasteiger partial charge >= 0.3 is 5.97 Å². The van der Waals surface area contributed by atoms with Crippen molar-refractivity contribution < 1.29 is 23.5 Å². The Balaban J connectivity index is 1.85. The maximum atomic E-state index is 13.4. The van der Waals surface area contributed by atoms with Gasteiger partial charge in [0.2, 0.25) is 0 Å². The van der Waals surface area contributed by atoms with Gasteiger partial charge in [-0.15, -0.1) is 0 Å². The molecule has 2 aromatic carbocycles. The summed E-state index contributed by atoms with van der Waals surface area (Å²) in [6.45, 7) is 1.35. The van der Waals surface area contributed by atoms with Crippen LogP contribution in [-0.4, -0.2) is 25.6 Å². The van der Waals surface area contributed by atoms with Gasteiger partial charge in [0.05, 0.1) is 12.7 Å². The molecule has 0 aliphatic heterocycles. The predicted molar refractivity (Wildman–Crippen MR) is 86.3 cm³/mol. The topological polar surface area (TPSA) is 64.6 Å². The standard InChI is InChI=1S/C18H18FNO4/c1-12-9-14(23-2)7-8-15(12)18(22)24-11-17(21)20-10-13-5-3-4-6-16(13)19/h3-9H,10-11H2,1-2H3,(H,20,21). The Morgan fingerprint density at radius 1 is 1.17 bits per heavy atom. The normalized spacial score (nSPS) is 10.1. The van der Waals surface area contributed by atoms with Gasteiger partial charge in [-0.1, -0.05) is 18.2 Å². The lowest BCUT2D eigenvalue weighted by Crippen LogP contribution is -2.28. The first-order valence-electron chi connectivity index (χ1n) is 7.33. The summed E-state index contributed by atoms with van der Waals surface area (Å²) < 4.78 is 23.5. The number of amides is 1. The monoisotopic (exact) mass is 331 g/mol. The maximum Gasteiger partial charge on any atom is 0.338 e. The first kappa shape index (κ1) is 17.5. The molecule has 0 saturated carbocycles. The van der Waals surface area contributed by atoms with E-state index in [2.05, 4.69) is 5.32 Å². The van der Waals surface area contributed by atoms with Gasteiger partial charge in [0.15, 0.2) is 6.61 Å². The Morgan fingerprint density at radius 3 is 2.58 bits per heavy atom. The first-order valence-corrected chi connectivity index (χ1v) is 7.33. The fourth-order valence-corrected chi connectivity index (χ4v) is 2.09. The largest absolute Gasteiger partial charge is 0.497 e. The Labute approximate surface area is 139 Å². The second kappa shape index (κ2) is 8.10. The van der Waals surface area contributed by atoms with Crippen LogP contribution in [0.1, 0.15) is 21.5 Å². The predicted octanol–water partition coefficient (Wildman–Crippen LogP) is 2.62. The number of hydrogen-bond acceptors (Lipinski definition) is 4. The number of carbonyl (C=O) groups is 2. The van der Waals surface area contributed by atoms with Gasteiger partial charge in [0.1, 0.15) is 11.6 Å².